The smallest absolute Gasteiger partial charge is 0.217 e. The van der Waals surface area contributed by atoms with E-state index in [2.05, 4.69) is 4.18 Å². The lowest BCUT2D eigenvalue weighted by Crippen LogP contribution is -2.64. The van der Waals surface area contributed by atoms with Crippen LogP contribution in [0.3, 0.4) is 0 Å². The van der Waals surface area contributed by atoms with Gasteiger partial charge in [-0.05, 0) is 0 Å². The molecule has 2 aliphatic rings. The van der Waals surface area contributed by atoms with Gasteiger partial charge in [-0.25, -0.2) is 21.6 Å². The van der Waals surface area contributed by atoms with Gasteiger partial charge in [0, 0.05) is 6.42 Å². The third-order valence-electron chi connectivity index (χ3n) is 4.22. The number of carboxylic acids is 1. The van der Waals surface area contributed by atoms with Gasteiger partial charge in [-0.15, -0.1) is 0 Å². The Morgan fingerprint density at radius 2 is 1.77 bits per heavy atom. The Kier molecular flexibility index (Phi) is 8.10. The zero-order valence-corrected chi connectivity index (χ0v) is 16.4. The maximum absolute atomic E-state index is 11.2. The predicted molar refractivity (Wildman–Crippen MR) is 83.2 cm³/mol. The van der Waals surface area contributed by atoms with Crippen LogP contribution < -0.4 is 9.83 Å². The molecular formula is C12H18NO15S2-3. The minimum atomic E-state index is -5.21. The van der Waals surface area contributed by atoms with Crippen molar-refractivity contribution in [2.45, 2.75) is 55.4 Å². The quantitative estimate of drug-likeness (QED) is 0.186. The molecule has 30 heavy (non-hydrogen) atoms. The molecule has 0 bridgehead atoms. The molecule has 176 valence electrons. The van der Waals surface area contributed by atoms with E-state index in [1.54, 1.807) is 0 Å². The summed E-state index contributed by atoms with van der Waals surface area (Å²) in [6, 6.07) is -1.85. The number of hydrogen-bond donors (Lipinski definition) is 4. The lowest BCUT2D eigenvalue weighted by atomic mass is 9.98. The van der Waals surface area contributed by atoms with E-state index in [-0.39, 0.29) is 0 Å². The molecule has 8 atom stereocenters. The van der Waals surface area contributed by atoms with Crippen molar-refractivity contribution in [2.75, 3.05) is 13.2 Å². The number of rotatable bonds is 8. The van der Waals surface area contributed by atoms with Crippen molar-refractivity contribution in [1.82, 2.24) is 4.72 Å². The van der Waals surface area contributed by atoms with Crippen LogP contribution in [0.25, 0.3) is 0 Å². The Balaban J connectivity index is 2.26. The maximum Gasteiger partial charge on any atom is 0.217 e. The lowest BCUT2D eigenvalue weighted by molar-refractivity contribution is -0.340. The first-order chi connectivity index (χ1) is 13.7. The Labute approximate surface area is 170 Å². The second-order valence-corrected chi connectivity index (χ2v) is 8.65. The van der Waals surface area contributed by atoms with E-state index in [1.165, 1.54) is 4.72 Å². The summed E-state index contributed by atoms with van der Waals surface area (Å²) >= 11 is 0. The highest BCUT2D eigenvalue weighted by molar-refractivity contribution is 7.83. The lowest BCUT2D eigenvalue weighted by Gasteiger charge is -2.45. The van der Waals surface area contributed by atoms with Crippen LogP contribution in [0.2, 0.25) is 0 Å². The molecule has 2 fully saturated rings. The van der Waals surface area contributed by atoms with Crippen LogP contribution in [-0.4, -0.2) is 109 Å². The van der Waals surface area contributed by atoms with Crippen molar-refractivity contribution in [3.63, 3.8) is 0 Å². The van der Waals surface area contributed by atoms with E-state index >= 15 is 0 Å². The summed E-state index contributed by atoms with van der Waals surface area (Å²) in [5, 5.41) is 41.1. The fraction of sp³-hybridized carbons (Fsp3) is 0.917. The number of carbonyl (C=O) groups is 1. The number of aliphatic hydroxyl groups excluding tert-OH is 3. The van der Waals surface area contributed by atoms with Gasteiger partial charge in [-0.2, -0.15) is 0 Å². The summed E-state index contributed by atoms with van der Waals surface area (Å²) in [4.78, 5) is 11.2. The number of aliphatic carboxylic acids is 1. The van der Waals surface area contributed by atoms with Crippen LogP contribution in [0.1, 0.15) is 6.42 Å². The van der Waals surface area contributed by atoms with Gasteiger partial charge in [-0.3, -0.25) is 4.18 Å². The van der Waals surface area contributed by atoms with E-state index < -0.39 is 95.3 Å². The minimum Gasteiger partial charge on any atom is -0.735 e. The van der Waals surface area contributed by atoms with E-state index in [9.17, 15) is 51.2 Å². The van der Waals surface area contributed by atoms with Gasteiger partial charge in [0.05, 0.1) is 37.4 Å². The number of ether oxygens (including phenoxy) is 3. The zero-order valence-electron chi connectivity index (χ0n) is 14.8. The van der Waals surface area contributed by atoms with Crippen LogP contribution in [0.4, 0.5) is 0 Å². The molecule has 0 spiro atoms. The van der Waals surface area contributed by atoms with Crippen LogP contribution in [-0.2, 0) is 43.9 Å². The summed E-state index contributed by atoms with van der Waals surface area (Å²) in [6.45, 7) is -1.54. The Morgan fingerprint density at radius 3 is 2.30 bits per heavy atom. The first-order valence-electron chi connectivity index (χ1n) is 8.19. The van der Waals surface area contributed by atoms with Gasteiger partial charge < -0.3 is 48.5 Å². The summed E-state index contributed by atoms with van der Waals surface area (Å²) in [5.74, 6) is -1.87. The summed E-state index contributed by atoms with van der Waals surface area (Å²) in [7, 11) is -10.4. The summed E-state index contributed by atoms with van der Waals surface area (Å²) in [5.41, 5.74) is 0. The first kappa shape index (κ1) is 25.2. The molecule has 0 aromatic rings. The second kappa shape index (κ2) is 9.63. The summed E-state index contributed by atoms with van der Waals surface area (Å²) < 4.78 is 85.6. The molecule has 2 rings (SSSR count). The van der Waals surface area contributed by atoms with Crippen LogP contribution in [0.5, 0.6) is 0 Å². The number of carboxylic acid groups (broad SMARTS) is 1. The van der Waals surface area contributed by atoms with Crippen molar-refractivity contribution >= 4 is 26.7 Å². The van der Waals surface area contributed by atoms with Gasteiger partial charge in [0.15, 0.2) is 16.6 Å². The zero-order chi connectivity index (χ0) is 22.9. The number of carbonyl (C=O) groups excluding carboxylic acids is 1. The average Bonchev–Trinajstić information content (AvgIpc) is 2.58. The average molecular weight is 480 g/mol. The van der Waals surface area contributed by atoms with Crippen LogP contribution >= 0.6 is 0 Å². The normalized spacial score (nSPS) is 38.3. The minimum absolute atomic E-state index is 0.529. The molecule has 0 aromatic carbocycles. The standard InChI is InChI=1S/C12H21NO15S2/c14-5-1-4(2-26-30(22,23)24)27-12(7(5)13-29(19,20)21)28-9-8(16)6(15)3-25-10(9)11(17)18/h4-10,12-16H,1-3H2,(H,17,18)(H,19,20,21)(H,22,23,24)/p-3/t4?,5-,6?,7?,8+,9-,10?,12+/m1/s1. The Hall–Kier alpha value is -1.03. The third kappa shape index (κ3) is 7.00. The summed E-state index contributed by atoms with van der Waals surface area (Å²) in [6.07, 6.45) is -13.1. The number of nitrogens with one attached hydrogen (secondary N) is 1. The molecule has 0 aromatic heterocycles. The van der Waals surface area contributed by atoms with Crippen LogP contribution in [0, 0.1) is 0 Å². The van der Waals surface area contributed by atoms with E-state index in [0.29, 0.717) is 0 Å². The van der Waals surface area contributed by atoms with E-state index in [4.69, 9.17) is 14.2 Å². The molecule has 2 aliphatic heterocycles. The molecule has 0 aliphatic carbocycles. The highest BCUT2D eigenvalue weighted by Gasteiger charge is 2.46. The van der Waals surface area contributed by atoms with Crippen molar-refractivity contribution in [3.8, 4) is 0 Å². The second-order valence-electron chi connectivity index (χ2n) is 6.45. The Bertz CT molecular complexity index is 815. The molecule has 18 heteroatoms. The highest BCUT2D eigenvalue weighted by atomic mass is 32.3. The van der Waals surface area contributed by atoms with E-state index in [0.717, 1.165) is 0 Å². The predicted octanol–water partition coefficient (Wildman–Crippen LogP) is -6.39. The SMILES string of the molecule is O=C([O-])C1OCC(O)[C@H](O)[C@H]1O[C@@H]1OC(COS(=O)(=O)[O-])C[C@@H](O)C1NS(=O)(=O)[O-]. The number of hydrogen-bond acceptors (Lipinski definition) is 15. The van der Waals surface area contributed by atoms with Gasteiger partial charge in [0.2, 0.25) is 10.4 Å². The molecule has 4 unspecified atom stereocenters. The third-order valence-corrected chi connectivity index (χ3v) is 5.20. The molecule has 0 radical (unpaired) electrons. The van der Waals surface area contributed by atoms with Crippen molar-refractivity contribution in [1.29, 1.82) is 0 Å². The fourth-order valence-electron chi connectivity index (χ4n) is 2.91. The van der Waals surface area contributed by atoms with Gasteiger partial charge >= 0.3 is 0 Å². The van der Waals surface area contributed by atoms with Crippen molar-refractivity contribution < 1.29 is 69.6 Å². The monoisotopic (exact) mass is 480 g/mol. The number of aliphatic hydroxyl groups is 3. The maximum atomic E-state index is 11.2. The molecule has 16 nitrogen and oxygen atoms in total. The first-order valence-corrected chi connectivity index (χ1v) is 10.9. The highest BCUT2D eigenvalue weighted by Crippen LogP contribution is 2.27. The fourth-order valence-corrected chi connectivity index (χ4v) is 3.83. The van der Waals surface area contributed by atoms with Crippen molar-refractivity contribution in [3.05, 3.63) is 0 Å². The molecule has 2 saturated heterocycles. The van der Waals surface area contributed by atoms with Gasteiger partial charge in [0.1, 0.15) is 24.4 Å². The molecular weight excluding hydrogens is 462 g/mol. The van der Waals surface area contributed by atoms with Crippen molar-refractivity contribution in [2.24, 2.45) is 0 Å². The molecule has 0 amide bonds. The Morgan fingerprint density at radius 1 is 1.13 bits per heavy atom. The van der Waals surface area contributed by atoms with Gasteiger partial charge in [0.25, 0.3) is 0 Å². The topological polar surface area (TPSA) is 264 Å². The molecule has 2 heterocycles. The molecule has 0 saturated carbocycles. The van der Waals surface area contributed by atoms with Gasteiger partial charge in [-0.1, -0.05) is 0 Å². The largest absolute Gasteiger partial charge is 0.735 e. The van der Waals surface area contributed by atoms with E-state index in [1.807, 2.05) is 0 Å². The van der Waals surface area contributed by atoms with Crippen LogP contribution in [0.15, 0.2) is 0 Å². The molecule has 4 N–H and O–H groups in total.